The van der Waals surface area contributed by atoms with Crippen molar-refractivity contribution in [2.75, 3.05) is 4.90 Å². The summed E-state index contributed by atoms with van der Waals surface area (Å²) in [6.07, 6.45) is 4.54. The van der Waals surface area contributed by atoms with Crippen LogP contribution in [0.3, 0.4) is 0 Å². The summed E-state index contributed by atoms with van der Waals surface area (Å²) in [4.78, 5) is 1.61. The van der Waals surface area contributed by atoms with Gasteiger partial charge in [-0.3, -0.25) is 4.90 Å². The predicted molar refractivity (Wildman–Crippen MR) is 61.3 cm³/mol. The second-order valence-corrected chi connectivity index (χ2v) is 3.27. The van der Waals surface area contributed by atoms with Crippen molar-refractivity contribution in [3.05, 3.63) is 36.8 Å². The molecule has 0 aliphatic rings. The molecule has 10 nitrogen and oxygen atoms in total. The first kappa shape index (κ1) is 11.0. The highest BCUT2D eigenvalue weighted by atomic mass is 15.4. The van der Waals surface area contributed by atoms with Gasteiger partial charge in [0.2, 0.25) is 0 Å². The summed E-state index contributed by atoms with van der Waals surface area (Å²) < 4.78 is 0. The van der Waals surface area contributed by atoms with Crippen molar-refractivity contribution < 1.29 is 0 Å². The Kier molecular flexibility index (Phi) is 2.88. The van der Waals surface area contributed by atoms with Gasteiger partial charge in [0.25, 0.3) is 0 Å². The summed E-state index contributed by atoms with van der Waals surface area (Å²) in [7, 11) is 0. The van der Waals surface area contributed by atoms with E-state index in [1.54, 1.807) is 23.1 Å². The summed E-state index contributed by atoms with van der Waals surface area (Å²) >= 11 is 0. The summed E-state index contributed by atoms with van der Waals surface area (Å²) in [5, 5.41) is 33.4. The van der Waals surface area contributed by atoms with Crippen LogP contribution in [0.15, 0.2) is 36.8 Å². The minimum atomic E-state index is 0.482. The average Bonchev–Trinajstić information content (AvgIpc) is 2.51. The van der Waals surface area contributed by atoms with Crippen LogP contribution in [0.25, 0.3) is 0 Å². The number of hydrogen-bond donors (Lipinski definition) is 0. The van der Waals surface area contributed by atoms with E-state index in [-0.39, 0.29) is 0 Å². The SMILES string of the molecule is c1cc(N(c2ccnnn2)c2ccnnn2)nnn1. The molecule has 0 amide bonds. The quantitative estimate of drug-likeness (QED) is 0.616. The van der Waals surface area contributed by atoms with Crippen LogP contribution in [0.1, 0.15) is 0 Å². The molecule has 3 aromatic rings. The molecular formula is C9H6N10. The van der Waals surface area contributed by atoms with Crippen LogP contribution in [-0.2, 0) is 0 Å². The average molecular weight is 254 g/mol. The van der Waals surface area contributed by atoms with Gasteiger partial charge in [-0.1, -0.05) is 0 Å². The Bertz CT molecular complexity index is 537. The highest BCUT2D eigenvalue weighted by Crippen LogP contribution is 2.27. The Morgan fingerprint density at radius 1 is 0.579 bits per heavy atom. The minimum Gasteiger partial charge on any atom is -0.258 e. The van der Waals surface area contributed by atoms with Gasteiger partial charge in [0.15, 0.2) is 17.5 Å². The molecule has 3 heterocycles. The lowest BCUT2D eigenvalue weighted by Crippen LogP contribution is -2.16. The zero-order valence-corrected chi connectivity index (χ0v) is 9.44. The third-order valence-corrected chi connectivity index (χ3v) is 2.15. The summed E-state index contributed by atoms with van der Waals surface area (Å²) in [6, 6.07) is 4.99. The second-order valence-electron chi connectivity index (χ2n) is 3.27. The molecule has 0 atom stereocenters. The molecular weight excluding hydrogens is 248 g/mol. The molecule has 0 aliphatic carbocycles. The van der Waals surface area contributed by atoms with Crippen molar-refractivity contribution >= 4 is 17.5 Å². The van der Waals surface area contributed by atoms with Gasteiger partial charge < -0.3 is 0 Å². The Morgan fingerprint density at radius 3 is 1.21 bits per heavy atom. The maximum absolute atomic E-state index is 3.92. The fraction of sp³-hybridized carbons (Fsp3) is 0. The summed E-state index contributed by atoms with van der Waals surface area (Å²) in [5.41, 5.74) is 0. The summed E-state index contributed by atoms with van der Waals surface area (Å²) in [5.74, 6) is 1.45. The normalized spacial score (nSPS) is 10.1. The van der Waals surface area contributed by atoms with Crippen molar-refractivity contribution in [3.63, 3.8) is 0 Å². The first-order chi connectivity index (χ1) is 9.45. The van der Waals surface area contributed by atoms with Gasteiger partial charge in [-0.2, -0.15) is 0 Å². The monoisotopic (exact) mass is 254 g/mol. The van der Waals surface area contributed by atoms with Gasteiger partial charge in [-0.25, -0.2) is 0 Å². The molecule has 0 N–H and O–H groups in total. The third kappa shape index (κ3) is 2.26. The van der Waals surface area contributed by atoms with E-state index in [1.165, 1.54) is 18.6 Å². The Labute approximate surface area is 106 Å². The molecule has 0 saturated carbocycles. The van der Waals surface area contributed by atoms with Gasteiger partial charge in [0.1, 0.15) is 0 Å². The summed E-state index contributed by atoms with van der Waals surface area (Å²) in [6.45, 7) is 0. The molecule has 0 aromatic carbocycles. The first-order valence-corrected chi connectivity index (χ1v) is 5.18. The molecule has 0 saturated heterocycles. The van der Waals surface area contributed by atoms with Crippen LogP contribution in [0.5, 0.6) is 0 Å². The molecule has 19 heavy (non-hydrogen) atoms. The standard InChI is InChI=1S/C9H6N10/c1-4-10-16-13-7(1)19(8-2-5-11-17-14-8)9-3-6-12-18-15-9/h1-6H. The number of nitrogens with zero attached hydrogens (tertiary/aromatic N) is 10. The topological polar surface area (TPSA) is 119 Å². The van der Waals surface area contributed by atoms with E-state index in [9.17, 15) is 0 Å². The van der Waals surface area contributed by atoms with Crippen LogP contribution in [0.4, 0.5) is 17.5 Å². The fourth-order valence-electron chi connectivity index (χ4n) is 1.41. The van der Waals surface area contributed by atoms with Crippen LogP contribution < -0.4 is 4.90 Å². The Balaban J connectivity index is 2.12. The van der Waals surface area contributed by atoms with Gasteiger partial charge in [-0.15, -0.1) is 30.6 Å². The zero-order chi connectivity index (χ0) is 12.9. The molecule has 0 aliphatic heterocycles. The predicted octanol–water partition coefficient (Wildman–Crippen LogP) is -0.289. The van der Waals surface area contributed by atoms with E-state index in [2.05, 4.69) is 46.2 Å². The highest BCUT2D eigenvalue weighted by Gasteiger charge is 2.17. The Morgan fingerprint density at radius 2 is 0.947 bits per heavy atom. The first-order valence-electron chi connectivity index (χ1n) is 5.18. The van der Waals surface area contributed by atoms with E-state index in [1.807, 2.05) is 0 Å². The van der Waals surface area contributed by atoms with Crippen LogP contribution in [0, 0.1) is 0 Å². The number of aromatic nitrogens is 9. The van der Waals surface area contributed by atoms with Crippen LogP contribution in [-0.4, -0.2) is 46.2 Å². The molecule has 3 rings (SSSR count). The molecule has 0 unspecified atom stereocenters. The van der Waals surface area contributed by atoms with Crippen LogP contribution in [0.2, 0.25) is 0 Å². The molecule has 0 spiro atoms. The largest absolute Gasteiger partial charge is 0.258 e. The molecule has 0 radical (unpaired) electrons. The second kappa shape index (κ2) is 5.00. The lowest BCUT2D eigenvalue weighted by molar-refractivity contribution is 0.811. The van der Waals surface area contributed by atoms with Gasteiger partial charge >= 0.3 is 0 Å². The number of hydrogen-bond acceptors (Lipinski definition) is 10. The van der Waals surface area contributed by atoms with Crippen molar-refractivity contribution in [2.45, 2.75) is 0 Å². The fourth-order valence-corrected chi connectivity index (χ4v) is 1.41. The van der Waals surface area contributed by atoms with Crippen molar-refractivity contribution in [2.24, 2.45) is 0 Å². The van der Waals surface area contributed by atoms with Crippen molar-refractivity contribution in [1.29, 1.82) is 0 Å². The van der Waals surface area contributed by atoms with Gasteiger partial charge in [0, 0.05) is 18.2 Å². The molecule has 3 aromatic heterocycles. The smallest absolute Gasteiger partial charge is 0.166 e. The van der Waals surface area contributed by atoms with E-state index in [4.69, 9.17) is 0 Å². The molecule has 92 valence electrons. The van der Waals surface area contributed by atoms with Gasteiger partial charge in [0.05, 0.1) is 18.6 Å². The third-order valence-electron chi connectivity index (χ3n) is 2.15. The molecule has 0 fully saturated rings. The lowest BCUT2D eigenvalue weighted by atomic mass is 10.4. The van der Waals surface area contributed by atoms with Crippen molar-refractivity contribution in [1.82, 2.24) is 46.2 Å². The van der Waals surface area contributed by atoms with E-state index < -0.39 is 0 Å². The lowest BCUT2D eigenvalue weighted by Gasteiger charge is -2.18. The Hall–Kier alpha value is -3.17. The number of rotatable bonds is 3. The van der Waals surface area contributed by atoms with Crippen LogP contribution >= 0.6 is 0 Å². The molecule has 10 heteroatoms. The zero-order valence-electron chi connectivity index (χ0n) is 9.44. The van der Waals surface area contributed by atoms with Gasteiger partial charge in [-0.05, 0) is 15.6 Å². The maximum atomic E-state index is 3.92. The van der Waals surface area contributed by atoms with E-state index in [0.717, 1.165) is 0 Å². The number of anilines is 3. The van der Waals surface area contributed by atoms with E-state index in [0.29, 0.717) is 17.5 Å². The minimum absolute atomic E-state index is 0.482. The van der Waals surface area contributed by atoms with E-state index >= 15 is 0 Å². The van der Waals surface area contributed by atoms with Crippen molar-refractivity contribution in [3.8, 4) is 0 Å². The maximum Gasteiger partial charge on any atom is 0.166 e. The molecule has 0 bridgehead atoms. The highest BCUT2D eigenvalue weighted by molar-refractivity contribution is 5.67.